The van der Waals surface area contributed by atoms with E-state index in [-0.39, 0.29) is 12.4 Å². The van der Waals surface area contributed by atoms with Crippen molar-refractivity contribution in [3.63, 3.8) is 0 Å². The maximum atomic E-state index is 12.9. The molecule has 0 aliphatic carbocycles. The second-order valence-electron chi connectivity index (χ2n) is 15.7. The summed E-state index contributed by atoms with van der Waals surface area (Å²) in [6.07, 6.45) is 12.3. The smallest absolute Gasteiger partial charge is 0.411 e. The molecule has 0 unspecified atom stereocenters. The van der Waals surface area contributed by atoms with Crippen LogP contribution in [0.5, 0.6) is 0 Å². The van der Waals surface area contributed by atoms with Crippen LogP contribution in [0.3, 0.4) is 0 Å². The van der Waals surface area contributed by atoms with Crippen LogP contribution in [-0.2, 0) is 40.0 Å². The third-order valence-electron chi connectivity index (χ3n) is 11.0. The summed E-state index contributed by atoms with van der Waals surface area (Å²) >= 11 is 0. The maximum Gasteiger partial charge on any atom is 0.411 e. The van der Waals surface area contributed by atoms with Crippen molar-refractivity contribution in [3.05, 3.63) is 137 Å². The molecule has 0 heterocycles. The number of carbonyl (C=O) groups is 2. The topological polar surface area (TPSA) is 88.7 Å². The molecule has 0 aromatic heterocycles. The fourth-order valence-corrected chi connectivity index (χ4v) is 7.94. The van der Waals surface area contributed by atoms with Crippen molar-refractivity contribution in [2.75, 3.05) is 36.3 Å². The van der Waals surface area contributed by atoms with Gasteiger partial charge in [0.05, 0.1) is 18.0 Å². The highest BCUT2D eigenvalue weighted by molar-refractivity contribution is 6.00. The molecule has 0 spiro atoms. The first kappa shape index (κ1) is 42.9. The number of rotatable bonds is 22. The fourth-order valence-electron chi connectivity index (χ4n) is 7.94. The van der Waals surface area contributed by atoms with E-state index in [1.54, 1.807) is 14.0 Å². The Morgan fingerprint density at radius 2 is 1.03 bits per heavy atom. The lowest BCUT2D eigenvalue weighted by Gasteiger charge is -2.18. The number of fused-ring (bicyclic) bond motifs is 2. The van der Waals surface area contributed by atoms with E-state index in [9.17, 15) is 9.59 Å². The molecule has 308 valence electrons. The molecular formula is C52H61N3O4. The number of carbonyl (C=O) groups excluding carboxylic acids is 2. The molecule has 6 rings (SSSR count). The lowest BCUT2D eigenvalue weighted by molar-refractivity contribution is -0.116. The van der Waals surface area contributed by atoms with Crippen LogP contribution in [0.25, 0.3) is 21.5 Å². The van der Waals surface area contributed by atoms with Crippen LogP contribution in [0.1, 0.15) is 100.0 Å². The first-order valence-electron chi connectivity index (χ1n) is 21.6. The summed E-state index contributed by atoms with van der Waals surface area (Å²) in [5.41, 5.74) is 10.1. The number of methoxy groups -OCH3 is 1. The number of hydrogen-bond acceptors (Lipinski definition) is 6. The van der Waals surface area contributed by atoms with E-state index >= 15 is 0 Å². The van der Waals surface area contributed by atoms with Gasteiger partial charge in [0, 0.05) is 41.4 Å². The number of benzene rings is 6. The van der Waals surface area contributed by atoms with Gasteiger partial charge in [-0.2, -0.15) is 0 Å². The zero-order valence-electron chi connectivity index (χ0n) is 35.4. The summed E-state index contributed by atoms with van der Waals surface area (Å²) < 4.78 is 10.5. The van der Waals surface area contributed by atoms with E-state index in [2.05, 4.69) is 127 Å². The summed E-state index contributed by atoms with van der Waals surface area (Å²) in [7, 11) is 1.58. The molecule has 0 bridgehead atoms. The van der Waals surface area contributed by atoms with Crippen molar-refractivity contribution in [3.8, 4) is 0 Å². The SMILES string of the molecule is CCCCCCc1ccc(Nc2cc(Cc3ccc(NC(=O)OCCOC)c(Nc4ccc(CCCCCC)c5ccccc45)c3)ccc2CC(C)=O)c2ccccc12. The predicted molar refractivity (Wildman–Crippen MR) is 247 cm³/mol. The van der Waals surface area contributed by atoms with Crippen molar-refractivity contribution in [1.29, 1.82) is 0 Å². The van der Waals surface area contributed by atoms with Crippen LogP contribution < -0.4 is 16.0 Å². The highest BCUT2D eigenvalue weighted by Crippen LogP contribution is 2.36. The number of Topliss-reactive ketones (excluding diaryl/α,β-unsaturated/α-hetero) is 1. The minimum atomic E-state index is -0.543. The van der Waals surface area contributed by atoms with Crippen molar-refractivity contribution in [2.45, 2.75) is 97.8 Å². The Labute approximate surface area is 350 Å². The standard InChI is InChI=1S/C52H61N3O4/c1-5-7-9-11-17-40-26-29-47(45-21-15-13-19-43(40)45)53-50-35-38(23-25-42(50)33-37(3)56)34-39-24-28-49(55-52(57)59-32-31-58-4)51(36-39)54-48-30-27-41(18-12-10-8-6-2)44-20-14-16-22-46(44)48/h13-16,19-30,35-36,53-54H,5-12,17-18,31-34H2,1-4H3,(H,55,57). The predicted octanol–water partition coefficient (Wildman–Crippen LogP) is 13.6. The van der Waals surface area contributed by atoms with E-state index in [0.717, 1.165) is 57.7 Å². The number of hydrogen-bond donors (Lipinski definition) is 3. The van der Waals surface area contributed by atoms with Crippen LogP contribution in [0.2, 0.25) is 0 Å². The maximum absolute atomic E-state index is 12.9. The minimum Gasteiger partial charge on any atom is -0.447 e. The molecule has 0 atom stereocenters. The van der Waals surface area contributed by atoms with Crippen molar-refractivity contribution < 1.29 is 19.1 Å². The number of aryl methyl sites for hydroxylation is 2. The van der Waals surface area contributed by atoms with Crippen LogP contribution in [0, 0.1) is 0 Å². The molecule has 0 saturated carbocycles. The van der Waals surface area contributed by atoms with Gasteiger partial charge < -0.3 is 20.1 Å². The Morgan fingerprint density at radius 1 is 0.525 bits per heavy atom. The molecule has 0 saturated heterocycles. The fraction of sp³-hybridized carbons (Fsp3) is 0.346. The molecule has 7 heteroatoms. The summed E-state index contributed by atoms with van der Waals surface area (Å²) in [5, 5.41) is 15.2. The zero-order valence-corrected chi connectivity index (χ0v) is 35.4. The van der Waals surface area contributed by atoms with Gasteiger partial charge in [0.2, 0.25) is 0 Å². The number of nitrogens with one attached hydrogen (secondary N) is 3. The van der Waals surface area contributed by atoms with Crippen LogP contribution in [0.15, 0.2) is 109 Å². The molecule has 3 N–H and O–H groups in total. The lowest BCUT2D eigenvalue weighted by Crippen LogP contribution is -2.17. The summed E-state index contributed by atoms with van der Waals surface area (Å²) in [5.74, 6) is 0.115. The number of ether oxygens (including phenoxy) is 2. The third kappa shape index (κ3) is 12.0. The molecule has 0 fully saturated rings. The Morgan fingerprint density at radius 3 is 1.59 bits per heavy atom. The summed E-state index contributed by atoms with van der Waals surface area (Å²) in [6.45, 7) is 6.60. The van der Waals surface area contributed by atoms with Gasteiger partial charge in [-0.25, -0.2) is 4.79 Å². The van der Waals surface area contributed by atoms with E-state index in [1.807, 2.05) is 12.1 Å². The van der Waals surface area contributed by atoms with Gasteiger partial charge in [-0.05, 0) is 108 Å². The van der Waals surface area contributed by atoms with E-state index < -0.39 is 6.09 Å². The Bertz CT molecular complexity index is 2330. The number of amides is 1. The van der Waals surface area contributed by atoms with Gasteiger partial charge in [-0.15, -0.1) is 0 Å². The average molecular weight is 792 g/mol. The van der Waals surface area contributed by atoms with Crippen molar-refractivity contribution >= 4 is 61.9 Å². The first-order valence-corrected chi connectivity index (χ1v) is 21.6. The summed E-state index contributed by atoms with van der Waals surface area (Å²) in [4.78, 5) is 25.3. The molecular weight excluding hydrogens is 731 g/mol. The van der Waals surface area contributed by atoms with Gasteiger partial charge in [0.15, 0.2) is 0 Å². The molecule has 1 amide bonds. The molecule has 6 aromatic carbocycles. The van der Waals surface area contributed by atoms with E-state index in [4.69, 9.17) is 9.47 Å². The highest BCUT2D eigenvalue weighted by atomic mass is 16.6. The van der Waals surface area contributed by atoms with Crippen molar-refractivity contribution in [2.24, 2.45) is 0 Å². The Balaban J connectivity index is 1.30. The van der Waals surface area contributed by atoms with Crippen LogP contribution in [0.4, 0.5) is 33.2 Å². The van der Waals surface area contributed by atoms with Gasteiger partial charge in [-0.1, -0.05) is 131 Å². The summed E-state index contributed by atoms with van der Waals surface area (Å²) in [6, 6.07) is 38.4. The quantitative estimate of drug-likeness (QED) is 0.0594. The number of ketones is 1. The molecule has 7 nitrogen and oxygen atoms in total. The van der Waals surface area contributed by atoms with Gasteiger partial charge in [0.25, 0.3) is 0 Å². The van der Waals surface area contributed by atoms with Gasteiger partial charge >= 0.3 is 6.09 Å². The number of anilines is 5. The largest absolute Gasteiger partial charge is 0.447 e. The molecule has 0 aliphatic heterocycles. The first-order chi connectivity index (χ1) is 28.9. The normalized spacial score (nSPS) is 11.2. The van der Waals surface area contributed by atoms with Crippen LogP contribution >= 0.6 is 0 Å². The second kappa shape index (κ2) is 21.9. The van der Waals surface area contributed by atoms with Gasteiger partial charge in [-0.3, -0.25) is 10.1 Å². The second-order valence-corrected chi connectivity index (χ2v) is 15.7. The lowest BCUT2D eigenvalue weighted by atomic mass is 9.96. The monoisotopic (exact) mass is 791 g/mol. The zero-order chi connectivity index (χ0) is 41.4. The highest BCUT2D eigenvalue weighted by Gasteiger charge is 2.15. The van der Waals surface area contributed by atoms with Gasteiger partial charge in [0.1, 0.15) is 12.4 Å². The minimum absolute atomic E-state index is 0.115. The molecule has 0 aliphatic rings. The Hall–Kier alpha value is -5.66. The van der Waals surface area contributed by atoms with E-state index in [1.165, 1.54) is 78.7 Å². The van der Waals surface area contributed by atoms with Crippen LogP contribution in [-0.4, -0.2) is 32.2 Å². The number of unbranched alkanes of at least 4 members (excludes halogenated alkanes) is 6. The molecule has 6 aromatic rings. The van der Waals surface area contributed by atoms with Crippen molar-refractivity contribution in [1.82, 2.24) is 0 Å². The molecule has 0 radical (unpaired) electrons. The Kier molecular flexibility index (Phi) is 15.9. The average Bonchev–Trinajstić information content (AvgIpc) is 3.24. The molecule has 59 heavy (non-hydrogen) atoms. The third-order valence-corrected chi connectivity index (χ3v) is 11.0. The van der Waals surface area contributed by atoms with E-state index in [0.29, 0.717) is 25.1 Å².